The van der Waals surface area contributed by atoms with Gasteiger partial charge >= 0.3 is 0 Å². The lowest BCUT2D eigenvalue weighted by Gasteiger charge is -2.08. The third-order valence-corrected chi connectivity index (χ3v) is 5.83. The predicted octanol–water partition coefficient (Wildman–Crippen LogP) is 3.07. The maximum atomic E-state index is 11.9. The molecule has 0 fully saturated rings. The second kappa shape index (κ2) is 22.4. The largest absolute Gasteiger partial charge is 0.379 e. The normalized spacial score (nSPS) is 11.8. The zero-order valence-corrected chi connectivity index (χ0v) is 21.3. The molecule has 10 heteroatoms. The van der Waals surface area contributed by atoms with Gasteiger partial charge in [0.05, 0.1) is 84.2 Å². The highest BCUT2D eigenvalue weighted by atomic mass is 32.2. The van der Waals surface area contributed by atoms with Gasteiger partial charge in [-0.2, -0.15) is 8.42 Å². The number of ether oxygens (including phenoxy) is 6. The summed E-state index contributed by atoms with van der Waals surface area (Å²) in [5.41, 5.74) is 0. The standard InChI is InChI=1S/C24H42O9S/c1-2-3-4-8-11-27-12-13-28-14-15-29-16-17-30-18-19-31-20-21-32-22-23-33-34(25,26)24-9-6-5-7-10-24/h5-7,9-10H,2-4,8,11-23H2,1H3. The van der Waals surface area contributed by atoms with Gasteiger partial charge in [-0.15, -0.1) is 0 Å². The van der Waals surface area contributed by atoms with Crippen molar-refractivity contribution >= 4 is 10.1 Å². The van der Waals surface area contributed by atoms with Gasteiger partial charge in [0.15, 0.2) is 0 Å². The van der Waals surface area contributed by atoms with E-state index in [0.717, 1.165) is 13.0 Å². The van der Waals surface area contributed by atoms with Gasteiger partial charge in [-0.3, -0.25) is 4.18 Å². The second-order valence-electron chi connectivity index (χ2n) is 7.32. The number of unbranched alkanes of at least 4 members (excludes halogenated alkanes) is 3. The van der Waals surface area contributed by atoms with Crippen LogP contribution in [0.2, 0.25) is 0 Å². The minimum absolute atomic E-state index is 0.0434. The molecule has 0 atom stereocenters. The Morgan fingerprint density at radius 2 is 0.941 bits per heavy atom. The van der Waals surface area contributed by atoms with Crippen LogP contribution >= 0.6 is 0 Å². The van der Waals surface area contributed by atoms with Crippen molar-refractivity contribution < 1.29 is 41.0 Å². The van der Waals surface area contributed by atoms with E-state index in [1.165, 1.54) is 31.4 Å². The predicted molar refractivity (Wildman–Crippen MR) is 129 cm³/mol. The molecule has 1 aromatic rings. The van der Waals surface area contributed by atoms with Crippen LogP contribution in [0.3, 0.4) is 0 Å². The number of hydrogen-bond acceptors (Lipinski definition) is 9. The van der Waals surface area contributed by atoms with Crippen LogP contribution in [-0.2, 0) is 42.7 Å². The molecule has 0 unspecified atom stereocenters. The third-order valence-electron chi connectivity index (χ3n) is 4.50. The molecule has 0 aliphatic rings. The molecule has 0 aromatic heterocycles. The van der Waals surface area contributed by atoms with Crippen LogP contribution in [0.5, 0.6) is 0 Å². The van der Waals surface area contributed by atoms with Crippen molar-refractivity contribution in [3.05, 3.63) is 30.3 Å². The lowest BCUT2D eigenvalue weighted by atomic mass is 10.2. The first kappa shape index (κ1) is 30.9. The monoisotopic (exact) mass is 506 g/mol. The Hall–Kier alpha value is -1.11. The quantitative estimate of drug-likeness (QED) is 0.146. The molecule has 0 N–H and O–H groups in total. The average Bonchev–Trinajstić information content (AvgIpc) is 2.85. The Morgan fingerprint density at radius 3 is 1.38 bits per heavy atom. The van der Waals surface area contributed by atoms with Crippen molar-refractivity contribution in [2.24, 2.45) is 0 Å². The summed E-state index contributed by atoms with van der Waals surface area (Å²) in [6, 6.07) is 8.01. The number of hydrogen-bond donors (Lipinski definition) is 0. The first-order valence-electron chi connectivity index (χ1n) is 12.1. The SMILES string of the molecule is CCCCCCOCCOCCOCCOCCOCCOCCOS(=O)(=O)c1ccccc1. The van der Waals surface area contributed by atoms with Gasteiger partial charge in [0, 0.05) is 6.61 Å². The zero-order valence-electron chi connectivity index (χ0n) is 20.5. The summed E-state index contributed by atoms with van der Waals surface area (Å²) in [5.74, 6) is 0. The fourth-order valence-electron chi connectivity index (χ4n) is 2.69. The Balaban J connectivity index is 1.74. The highest BCUT2D eigenvalue weighted by Crippen LogP contribution is 2.10. The highest BCUT2D eigenvalue weighted by Gasteiger charge is 2.13. The molecule has 34 heavy (non-hydrogen) atoms. The fourth-order valence-corrected chi connectivity index (χ4v) is 3.60. The summed E-state index contributed by atoms with van der Waals surface area (Å²) < 4.78 is 61.2. The maximum absolute atomic E-state index is 11.9. The summed E-state index contributed by atoms with van der Waals surface area (Å²) in [5, 5.41) is 0. The van der Waals surface area contributed by atoms with E-state index in [-0.39, 0.29) is 18.1 Å². The van der Waals surface area contributed by atoms with Gasteiger partial charge in [0.1, 0.15) is 0 Å². The van der Waals surface area contributed by atoms with E-state index in [2.05, 4.69) is 6.92 Å². The first-order chi connectivity index (χ1) is 16.7. The van der Waals surface area contributed by atoms with Crippen LogP contribution in [-0.4, -0.2) is 94.3 Å². The van der Waals surface area contributed by atoms with Gasteiger partial charge in [-0.05, 0) is 18.6 Å². The van der Waals surface area contributed by atoms with Crippen LogP contribution < -0.4 is 0 Å². The van der Waals surface area contributed by atoms with Gasteiger partial charge in [-0.25, -0.2) is 0 Å². The van der Waals surface area contributed by atoms with Crippen molar-refractivity contribution in [1.82, 2.24) is 0 Å². The number of benzene rings is 1. The first-order valence-corrected chi connectivity index (χ1v) is 13.5. The average molecular weight is 507 g/mol. The summed E-state index contributed by atoms with van der Waals surface area (Å²) in [6.07, 6.45) is 4.86. The lowest BCUT2D eigenvalue weighted by molar-refractivity contribution is -0.0178. The molecular weight excluding hydrogens is 464 g/mol. The van der Waals surface area contributed by atoms with Crippen molar-refractivity contribution in [1.29, 1.82) is 0 Å². The van der Waals surface area contributed by atoms with Gasteiger partial charge in [0.2, 0.25) is 0 Å². The molecule has 0 saturated carbocycles. The summed E-state index contributed by atoms with van der Waals surface area (Å²) in [6.45, 7) is 8.09. The zero-order chi connectivity index (χ0) is 24.6. The summed E-state index contributed by atoms with van der Waals surface area (Å²) in [4.78, 5) is 0.131. The van der Waals surface area contributed by atoms with Crippen molar-refractivity contribution in [2.75, 3.05) is 85.9 Å². The molecule has 1 aromatic carbocycles. The Kier molecular flexibility index (Phi) is 20.3. The van der Waals surface area contributed by atoms with Gasteiger partial charge in [-0.1, -0.05) is 44.4 Å². The molecule has 0 spiro atoms. The molecule has 0 amide bonds. The van der Waals surface area contributed by atoms with Crippen LogP contribution in [0.15, 0.2) is 35.2 Å². The molecule has 0 bridgehead atoms. The molecule has 9 nitrogen and oxygen atoms in total. The Morgan fingerprint density at radius 1 is 0.529 bits per heavy atom. The second-order valence-corrected chi connectivity index (χ2v) is 8.94. The molecule has 0 radical (unpaired) electrons. The molecule has 0 aliphatic heterocycles. The highest BCUT2D eigenvalue weighted by molar-refractivity contribution is 7.86. The van der Waals surface area contributed by atoms with Crippen LogP contribution in [0.4, 0.5) is 0 Å². The third kappa shape index (κ3) is 18.2. The van der Waals surface area contributed by atoms with Crippen molar-refractivity contribution in [3.8, 4) is 0 Å². The summed E-state index contributed by atoms with van der Waals surface area (Å²) >= 11 is 0. The molecular formula is C24H42O9S. The van der Waals surface area contributed by atoms with E-state index in [4.69, 9.17) is 32.6 Å². The molecule has 0 saturated heterocycles. The van der Waals surface area contributed by atoms with Crippen LogP contribution in [0.1, 0.15) is 32.6 Å². The Bertz CT molecular complexity index is 656. The van der Waals surface area contributed by atoms with E-state index in [1.807, 2.05) is 0 Å². The van der Waals surface area contributed by atoms with E-state index < -0.39 is 10.1 Å². The van der Waals surface area contributed by atoms with Crippen molar-refractivity contribution in [3.63, 3.8) is 0 Å². The Labute approximate surface area is 205 Å². The van der Waals surface area contributed by atoms with Gasteiger partial charge < -0.3 is 28.4 Å². The summed E-state index contributed by atoms with van der Waals surface area (Å²) in [7, 11) is -3.74. The fraction of sp³-hybridized carbons (Fsp3) is 0.750. The maximum Gasteiger partial charge on any atom is 0.297 e. The van der Waals surface area contributed by atoms with E-state index in [0.29, 0.717) is 66.1 Å². The minimum Gasteiger partial charge on any atom is -0.379 e. The van der Waals surface area contributed by atoms with E-state index in [1.54, 1.807) is 18.2 Å². The lowest BCUT2D eigenvalue weighted by Crippen LogP contribution is -2.15. The van der Waals surface area contributed by atoms with Crippen LogP contribution in [0.25, 0.3) is 0 Å². The van der Waals surface area contributed by atoms with Crippen LogP contribution in [0, 0.1) is 0 Å². The molecule has 0 heterocycles. The topological polar surface area (TPSA) is 98.8 Å². The van der Waals surface area contributed by atoms with E-state index in [9.17, 15) is 8.42 Å². The number of rotatable bonds is 25. The molecule has 0 aliphatic carbocycles. The molecule has 1 rings (SSSR count). The van der Waals surface area contributed by atoms with E-state index >= 15 is 0 Å². The minimum atomic E-state index is -3.74. The van der Waals surface area contributed by atoms with Gasteiger partial charge in [0.25, 0.3) is 10.1 Å². The smallest absolute Gasteiger partial charge is 0.297 e. The molecule has 198 valence electrons. The van der Waals surface area contributed by atoms with Crippen molar-refractivity contribution in [2.45, 2.75) is 37.5 Å².